The van der Waals surface area contributed by atoms with Gasteiger partial charge in [-0.2, -0.15) is 0 Å². The van der Waals surface area contributed by atoms with Crippen molar-refractivity contribution in [2.75, 3.05) is 0 Å². The Bertz CT molecular complexity index is 360. The van der Waals surface area contributed by atoms with Gasteiger partial charge in [-0.15, -0.1) is 0 Å². The molecule has 3 heteroatoms. The van der Waals surface area contributed by atoms with Gasteiger partial charge in [-0.3, -0.25) is 0 Å². The van der Waals surface area contributed by atoms with E-state index in [-0.39, 0.29) is 5.82 Å². The van der Waals surface area contributed by atoms with Gasteiger partial charge in [0.25, 0.3) is 0 Å². The number of oxime groups is 1. The summed E-state index contributed by atoms with van der Waals surface area (Å²) in [4.78, 5) is 0. The number of aryl methyl sites for hydroxylation is 1. The number of hydrogen-bond donors (Lipinski definition) is 1. The molecule has 0 aromatic heterocycles. The number of nitrogens with zero attached hydrogens (tertiary/aromatic N) is 1. The van der Waals surface area contributed by atoms with Crippen molar-refractivity contribution < 1.29 is 9.60 Å². The Morgan fingerprint density at radius 3 is 2.92 bits per heavy atom. The molecule has 2 nitrogen and oxygen atoms in total. The topological polar surface area (TPSA) is 32.6 Å². The van der Waals surface area contributed by atoms with E-state index in [1.807, 2.05) is 6.07 Å². The van der Waals surface area contributed by atoms with Crippen LogP contribution in [-0.2, 0) is 6.42 Å². The van der Waals surface area contributed by atoms with Gasteiger partial charge in [0.1, 0.15) is 5.82 Å². The first-order valence-electron chi connectivity index (χ1n) is 4.31. The average Bonchev–Trinajstić information content (AvgIpc) is 2.17. The minimum atomic E-state index is -0.287. The highest BCUT2D eigenvalue weighted by Crippen LogP contribution is 2.23. The molecule has 2 rings (SSSR count). The first-order valence-corrected chi connectivity index (χ1v) is 4.31. The molecule has 68 valence electrons. The maximum Gasteiger partial charge on any atom is 0.132 e. The molecule has 0 aliphatic heterocycles. The van der Waals surface area contributed by atoms with E-state index in [9.17, 15) is 4.39 Å². The third-order valence-corrected chi connectivity index (χ3v) is 2.37. The van der Waals surface area contributed by atoms with Crippen molar-refractivity contribution >= 4 is 5.71 Å². The summed E-state index contributed by atoms with van der Waals surface area (Å²) in [5, 5.41) is 11.8. The van der Waals surface area contributed by atoms with Crippen molar-refractivity contribution in [3.63, 3.8) is 0 Å². The third-order valence-electron chi connectivity index (χ3n) is 2.37. The Balaban J connectivity index is 2.60. The van der Waals surface area contributed by atoms with Crippen LogP contribution in [0.5, 0.6) is 0 Å². The fourth-order valence-electron chi connectivity index (χ4n) is 1.77. The van der Waals surface area contributed by atoms with Crippen LogP contribution in [0.25, 0.3) is 0 Å². The molecule has 0 fully saturated rings. The van der Waals surface area contributed by atoms with Gasteiger partial charge in [0.05, 0.1) is 5.71 Å². The number of halogens is 1. The summed E-state index contributed by atoms with van der Waals surface area (Å²) in [6.07, 6.45) is 2.45. The van der Waals surface area contributed by atoms with Gasteiger partial charge < -0.3 is 5.21 Å². The summed E-state index contributed by atoms with van der Waals surface area (Å²) < 4.78 is 13.3. The van der Waals surface area contributed by atoms with Crippen LogP contribution in [0.1, 0.15) is 24.0 Å². The minimum Gasteiger partial charge on any atom is -0.411 e. The van der Waals surface area contributed by atoms with Gasteiger partial charge in [0.2, 0.25) is 0 Å². The molecule has 0 bridgehead atoms. The van der Waals surface area contributed by atoms with E-state index in [1.54, 1.807) is 6.07 Å². The highest BCUT2D eigenvalue weighted by molar-refractivity contribution is 6.02. The van der Waals surface area contributed by atoms with E-state index in [2.05, 4.69) is 5.16 Å². The highest BCUT2D eigenvalue weighted by atomic mass is 19.1. The summed E-state index contributed by atoms with van der Waals surface area (Å²) in [5.74, 6) is -0.287. The van der Waals surface area contributed by atoms with Crippen molar-refractivity contribution in [2.24, 2.45) is 5.16 Å². The van der Waals surface area contributed by atoms with Gasteiger partial charge in [0.15, 0.2) is 0 Å². The Kier molecular flexibility index (Phi) is 2.00. The summed E-state index contributed by atoms with van der Waals surface area (Å²) >= 11 is 0. The van der Waals surface area contributed by atoms with E-state index >= 15 is 0 Å². The molecular formula is C10H10FNO. The molecule has 13 heavy (non-hydrogen) atoms. The second-order valence-corrected chi connectivity index (χ2v) is 3.17. The Hall–Kier alpha value is -1.38. The number of rotatable bonds is 0. The molecule has 1 aromatic carbocycles. The quantitative estimate of drug-likeness (QED) is 0.481. The Morgan fingerprint density at radius 1 is 1.31 bits per heavy atom. The van der Waals surface area contributed by atoms with Crippen LogP contribution in [0.2, 0.25) is 0 Å². The molecule has 1 aliphatic carbocycles. The molecule has 0 spiro atoms. The minimum absolute atomic E-state index is 0.287. The van der Waals surface area contributed by atoms with Crippen LogP contribution in [0.15, 0.2) is 23.4 Å². The standard InChI is InChI=1S/C10H10FNO/c11-8-5-1-3-7-4-2-6-9(12-13)10(7)8/h1,3,5,13H,2,4,6H2. The maximum absolute atomic E-state index is 13.3. The van der Waals surface area contributed by atoms with Gasteiger partial charge in [-0.05, 0) is 30.9 Å². The molecule has 1 aromatic rings. The number of hydrogen-bond acceptors (Lipinski definition) is 2. The van der Waals surface area contributed by atoms with Crippen LogP contribution in [0.3, 0.4) is 0 Å². The molecule has 0 saturated heterocycles. The van der Waals surface area contributed by atoms with Crippen LogP contribution in [0.4, 0.5) is 4.39 Å². The van der Waals surface area contributed by atoms with Crippen LogP contribution < -0.4 is 0 Å². The highest BCUT2D eigenvalue weighted by Gasteiger charge is 2.19. The summed E-state index contributed by atoms with van der Waals surface area (Å²) in [6, 6.07) is 4.96. The Labute approximate surface area is 75.7 Å². The molecule has 1 N–H and O–H groups in total. The van der Waals surface area contributed by atoms with Gasteiger partial charge in [-0.1, -0.05) is 17.3 Å². The number of fused-ring (bicyclic) bond motifs is 1. The predicted octanol–water partition coefficient (Wildman–Crippen LogP) is 2.34. The molecular weight excluding hydrogens is 169 g/mol. The van der Waals surface area contributed by atoms with E-state index in [0.717, 1.165) is 18.4 Å². The summed E-state index contributed by atoms with van der Waals surface area (Å²) in [5.41, 5.74) is 1.91. The molecule has 0 saturated carbocycles. The first-order chi connectivity index (χ1) is 6.33. The Morgan fingerprint density at radius 2 is 2.15 bits per heavy atom. The van der Waals surface area contributed by atoms with Crippen molar-refractivity contribution in [3.8, 4) is 0 Å². The zero-order valence-electron chi connectivity index (χ0n) is 7.13. The van der Waals surface area contributed by atoms with E-state index < -0.39 is 0 Å². The van der Waals surface area contributed by atoms with Gasteiger partial charge >= 0.3 is 0 Å². The molecule has 1 aliphatic rings. The first kappa shape index (κ1) is 8.23. The van der Waals surface area contributed by atoms with Crippen molar-refractivity contribution in [3.05, 3.63) is 35.1 Å². The largest absolute Gasteiger partial charge is 0.411 e. The van der Waals surface area contributed by atoms with Crippen molar-refractivity contribution in [1.29, 1.82) is 0 Å². The second kappa shape index (κ2) is 3.17. The fraction of sp³-hybridized carbons (Fsp3) is 0.300. The van der Waals surface area contributed by atoms with Crippen LogP contribution in [-0.4, -0.2) is 10.9 Å². The lowest BCUT2D eigenvalue weighted by molar-refractivity contribution is 0.317. The average molecular weight is 179 g/mol. The van der Waals surface area contributed by atoms with Crippen LogP contribution >= 0.6 is 0 Å². The SMILES string of the molecule is ON=C1CCCc2cccc(F)c21. The zero-order valence-corrected chi connectivity index (χ0v) is 7.13. The van der Waals surface area contributed by atoms with Gasteiger partial charge in [0, 0.05) is 5.56 Å². The van der Waals surface area contributed by atoms with Crippen molar-refractivity contribution in [1.82, 2.24) is 0 Å². The lowest BCUT2D eigenvalue weighted by atomic mass is 9.90. The lowest BCUT2D eigenvalue weighted by Gasteiger charge is -2.16. The van der Waals surface area contributed by atoms with E-state index in [4.69, 9.17) is 5.21 Å². The molecule has 0 unspecified atom stereocenters. The monoisotopic (exact) mass is 179 g/mol. The van der Waals surface area contributed by atoms with Crippen LogP contribution in [0, 0.1) is 5.82 Å². The number of benzene rings is 1. The lowest BCUT2D eigenvalue weighted by Crippen LogP contribution is -2.13. The van der Waals surface area contributed by atoms with E-state index in [1.165, 1.54) is 6.07 Å². The smallest absolute Gasteiger partial charge is 0.132 e. The molecule has 0 atom stereocenters. The molecule has 0 heterocycles. The summed E-state index contributed by atoms with van der Waals surface area (Å²) in [6.45, 7) is 0. The predicted molar refractivity (Wildman–Crippen MR) is 47.7 cm³/mol. The second-order valence-electron chi connectivity index (χ2n) is 3.17. The van der Waals surface area contributed by atoms with Crippen molar-refractivity contribution in [2.45, 2.75) is 19.3 Å². The fourth-order valence-corrected chi connectivity index (χ4v) is 1.77. The maximum atomic E-state index is 13.3. The van der Waals surface area contributed by atoms with E-state index in [0.29, 0.717) is 17.7 Å². The molecule has 0 radical (unpaired) electrons. The third kappa shape index (κ3) is 1.30. The summed E-state index contributed by atoms with van der Waals surface area (Å²) in [7, 11) is 0. The normalized spacial score (nSPS) is 18.7. The molecule has 0 amide bonds. The van der Waals surface area contributed by atoms with Gasteiger partial charge in [-0.25, -0.2) is 4.39 Å². The zero-order chi connectivity index (χ0) is 9.26.